The topological polar surface area (TPSA) is 64.0 Å². The van der Waals surface area contributed by atoms with Crippen LogP contribution in [0.5, 0.6) is 0 Å². The van der Waals surface area contributed by atoms with Gasteiger partial charge in [0.1, 0.15) is 0 Å². The van der Waals surface area contributed by atoms with Crippen LogP contribution in [0, 0.1) is 0 Å². The summed E-state index contributed by atoms with van der Waals surface area (Å²) in [6.07, 6.45) is 4.17. The quantitative estimate of drug-likeness (QED) is 0.841. The van der Waals surface area contributed by atoms with Crippen molar-refractivity contribution in [3.05, 3.63) is 62.7 Å². The largest absolute Gasteiger partial charge is 0.354 e. The molecular weight excluding hydrogens is 358 g/mol. The predicted molar refractivity (Wildman–Crippen MR) is 91.3 cm³/mol. The molecule has 1 aromatic heterocycles. The standard InChI is InChI=1S/C17H18BrN3O2/c18-14-5-1-12(2-6-14)9-16(22)19-7-8-21-11-20-15(10-17(21)23)13-3-4-13/h1-2,5-6,10-11,13H,3-4,7-9H2,(H,19,22). The fourth-order valence-corrected chi connectivity index (χ4v) is 2.64. The second-order valence-corrected chi connectivity index (χ2v) is 6.69. The van der Waals surface area contributed by atoms with Crippen molar-refractivity contribution < 1.29 is 4.79 Å². The lowest BCUT2D eigenvalue weighted by Crippen LogP contribution is -2.31. The van der Waals surface area contributed by atoms with Gasteiger partial charge in [0.2, 0.25) is 5.91 Å². The van der Waals surface area contributed by atoms with Crippen molar-refractivity contribution in [3.63, 3.8) is 0 Å². The van der Waals surface area contributed by atoms with Crippen LogP contribution in [0.15, 0.2) is 45.9 Å². The van der Waals surface area contributed by atoms with E-state index in [-0.39, 0.29) is 11.5 Å². The maximum Gasteiger partial charge on any atom is 0.253 e. The van der Waals surface area contributed by atoms with Crippen LogP contribution in [0.3, 0.4) is 0 Å². The number of carbonyl (C=O) groups excluding carboxylic acids is 1. The summed E-state index contributed by atoms with van der Waals surface area (Å²) in [6.45, 7) is 0.850. The number of nitrogens with one attached hydrogen (secondary N) is 1. The highest BCUT2D eigenvalue weighted by Crippen LogP contribution is 2.38. The number of benzene rings is 1. The summed E-state index contributed by atoms with van der Waals surface area (Å²) >= 11 is 3.37. The van der Waals surface area contributed by atoms with Crippen molar-refractivity contribution >= 4 is 21.8 Å². The minimum atomic E-state index is -0.0528. The Bertz CT molecular complexity index is 751. The summed E-state index contributed by atoms with van der Waals surface area (Å²) in [7, 11) is 0. The molecular formula is C17H18BrN3O2. The van der Waals surface area contributed by atoms with Crippen LogP contribution in [-0.4, -0.2) is 22.0 Å². The van der Waals surface area contributed by atoms with Crippen molar-refractivity contribution in [1.82, 2.24) is 14.9 Å². The van der Waals surface area contributed by atoms with E-state index < -0.39 is 0 Å². The van der Waals surface area contributed by atoms with Gasteiger partial charge in [-0.05, 0) is 30.5 Å². The van der Waals surface area contributed by atoms with Gasteiger partial charge in [0.05, 0.1) is 18.4 Å². The number of nitrogens with zero attached hydrogens (tertiary/aromatic N) is 2. The highest BCUT2D eigenvalue weighted by Gasteiger charge is 2.25. The van der Waals surface area contributed by atoms with E-state index in [0.717, 1.165) is 28.6 Å². The zero-order valence-electron chi connectivity index (χ0n) is 12.7. The Morgan fingerprint density at radius 2 is 2.04 bits per heavy atom. The fraction of sp³-hybridized carbons (Fsp3) is 0.353. The van der Waals surface area contributed by atoms with Crippen molar-refractivity contribution in [2.24, 2.45) is 0 Å². The van der Waals surface area contributed by atoms with Crippen LogP contribution < -0.4 is 10.9 Å². The molecule has 0 saturated heterocycles. The second kappa shape index (κ2) is 7.08. The molecule has 1 aliphatic rings. The lowest BCUT2D eigenvalue weighted by Gasteiger charge is -2.08. The maximum absolute atomic E-state index is 12.0. The summed E-state index contributed by atoms with van der Waals surface area (Å²) in [6, 6.07) is 9.26. The third kappa shape index (κ3) is 4.51. The molecule has 120 valence electrons. The second-order valence-electron chi connectivity index (χ2n) is 5.77. The van der Waals surface area contributed by atoms with E-state index in [0.29, 0.717) is 25.4 Å². The van der Waals surface area contributed by atoms with Crippen LogP contribution in [0.1, 0.15) is 30.0 Å². The van der Waals surface area contributed by atoms with Crippen molar-refractivity contribution in [2.75, 3.05) is 6.54 Å². The van der Waals surface area contributed by atoms with Crippen LogP contribution in [0.25, 0.3) is 0 Å². The average molecular weight is 376 g/mol. The number of carbonyl (C=O) groups is 1. The van der Waals surface area contributed by atoms with Gasteiger partial charge in [0, 0.05) is 29.5 Å². The zero-order valence-corrected chi connectivity index (χ0v) is 14.3. The molecule has 1 amide bonds. The number of hydrogen-bond donors (Lipinski definition) is 1. The molecule has 1 saturated carbocycles. The highest BCUT2D eigenvalue weighted by molar-refractivity contribution is 9.10. The van der Waals surface area contributed by atoms with Gasteiger partial charge in [0.15, 0.2) is 0 Å². The molecule has 6 heteroatoms. The molecule has 1 N–H and O–H groups in total. The number of aromatic nitrogens is 2. The van der Waals surface area contributed by atoms with E-state index in [9.17, 15) is 9.59 Å². The summed E-state index contributed by atoms with van der Waals surface area (Å²) in [4.78, 5) is 28.2. The molecule has 0 bridgehead atoms. The molecule has 1 fully saturated rings. The van der Waals surface area contributed by atoms with Gasteiger partial charge in [0.25, 0.3) is 5.56 Å². The Hall–Kier alpha value is -1.95. The number of hydrogen-bond acceptors (Lipinski definition) is 3. The number of amides is 1. The zero-order chi connectivity index (χ0) is 16.2. The number of halogens is 1. The van der Waals surface area contributed by atoms with E-state index in [1.54, 1.807) is 12.4 Å². The third-order valence-electron chi connectivity index (χ3n) is 3.85. The summed E-state index contributed by atoms with van der Waals surface area (Å²) in [5, 5.41) is 2.83. The van der Waals surface area contributed by atoms with E-state index in [4.69, 9.17) is 0 Å². The summed E-state index contributed by atoms with van der Waals surface area (Å²) in [5.74, 6) is 0.422. The first-order valence-electron chi connectivity index (χ1n) is 7.69. The SMILES string of the molecule is O=C(Cc1ccc(Br)cc1)NCCn1cnc(C2CC2)cc1=O. The van der Waals surface area contributed by atoms with Gasteiger partial charge in [-0.1, -0.05) is 28.1 Å². The van der Waals surface area contributed by atoms with Gasteiger partial charge in [-0.2, -0.15) is 0 Å². The Kier molecular flexibility index (Phi) is 4.91. The molecule has 23 heavy (non-hydrogen) atoms. The highest BCUT2D eigenvalue weighted by atomic mass is 79.9. The molecule has 0 aliphatic heterocycles. The van der Waals surface area contributed by atoms with Crippen LogP contribution >= 0.6 is 15.9 Å². The molecule has 5 nitrogen and oxygen atoms in total. The van der Waals surface area contributed by atoms with Gasteiger partial charge in [-0.25, -0.2) is 4.98 Å². The van der Waals surface area contributed by atoms with Crippen molar-refractivity contribution in [1.29, 1.82) is 0 Å². The molecule has 0 radical (unpaired) electrons. The minimum absolute atomic E-state index is 0.0518. The van der Waals surface area contributed by atoms with Gasteiger partial charge in [-0.15, -0.1) is 0 Å². The molecule has 1 heterocycles. The van der Waals surface area contributed by atoms with E-state index in [1.807, 2.05) is 24.3 Å². The van der Waals surface area contributed by atoms with Crippen molar-refractivity contribution in [2.45, 2.75) is 31.7 Å². The minimum Gasteiger partial charge on any atom is -0.354 e. The predicted octanol–water partition coefficient (Wildman–Crippen LogP) is 2.24. The van der Waals surface area contributed by atoms with Gasteiger partial charge in [-0.3, -0.25) is 14.2 Å². The van der Waals surface area contributed by atoms with E-state index >= 15 is 0 Å². The van der Waals surface area contributed by atoms with Gasteiger partial charge >= 0.3 is 0 Å². The fourth-order valence-electron chi connectivity index (χ4n) is 2.38. The van der Waals surface area contributed by atoms with Crippen molar-refractivity contribution in [3.8, 4) is 0 Å². The lowest BCUT2D eigenvalue weighted by atomic mass is 10.1. The van der Waals surface area contributed by atoms with E-state index in [1.165, 1.54) is 4.57 Å². The maximum atomic E-state index is 12.0. The first kappa shape index (κ1) is 15.9. The van der Waals surface area contributed by atoms with Crippen LogP contribution in [-0.2, 0) is 17.8 Å². The Morgan fingerprint density at radius 3 is 2.70 bits per heavy atom. The molecule has 3 rings (SSSR count). The average Bonchev–Trinajstić information content (AvgIpc) is 3.36. The molecule has 1 aromatic carbocycles. The van der Waals surface area contributed by atoms with Gasteiger partial charge < -0.3 is 5.32 Å². The molecule has 1 aliphatic carbocycles. The number of rotatable bonds is 6. The molecule has 0 unspecified atom stereocenters. The lowest BCUT2D eigenvalue weighted by molar-refractivity contribution is -0.120. The Morgan fingerprint density at radius 1 is 1.30 bits per heavy atom. The monoisotopic (exact) mass is 375 g/mol. The first-order chi connectivity index (χ1) is 11.1. The Balaban J connectivity index is 1.48. The van der Waals surface area contributed by atoms with E-state index in [2.05, 4.69) is 26.2 Å². The van der Waals surface area contributed by atoms with Crippen LogP contribution in [0.4, 0.5) is 0 Å². The molecule has 0 atom stereocenters. The smallest absolute Gasteiger partial charge is 0.253 e. The van der Waals surface area contributed by atoms with Crippen LogP contribution in [0.2, 0.25) is 0 Å². The molecule has 0 spiro atoms. The molecule has 2 aromatic rings. The third-order valence-corrected chi connectivity index (χ3v) is 4.38. The summed E-state index contributed by atoms with van der Waals surface area (Å²) < 4.78 is 2.52. The summed E-state index contributed by atoms with van der Waals surface area (Å²) in [5.41, 5.74) is 1.80. The Labute approximate surface area is 142 Å². The first-order valence-corrected chi connectivity index (χ1v) is 8.48. The normalized spacial score (nSPS) is 13.8.